The summed E-state index contributed by atoms with van der Waals surface area (Å²) in [6.45, 7) is 4.69. The molecule has 4 heteroatoms. The van der Waals surface area contributed by atoms with Gasteiger partial charge in [0, 0.05) is 6.54 Å². The highest BCUT2D eigenvalue weighted by molar-refractivity contribution is 4.97. The third-order valence-corrected chi connectivity index (χ3v) is 2.40. The summed E-state index contributed by atoms with van der Waals surface area (Å²) in [7, 11) is 0. The molecule has 0 radical (unpaired) electrons. The van der Waals surface area contributed by atoms with Gasteiger partial charge < -0.3 is 19.9 Å². The molecule has 2 aliphatic rings. The maximum Gasteiger partial charge on any atom is 0.163 e. The molecule has 2 heterocycles. The van der Waals surface area contributed by atoms with Gasteiger partial charge in [0.25, 0.3) is 0 Å². The Morgan fingerprint density at radius 3 is 2.92 bits per heavy atom. The summed E-state index contributed by atoms with van der Waals surface area (Å²) in [4.78, 5) is 0. The van der Waals surface area contributed by atoms with E-state index in [1.807, 2.05) is 13.8 Å². The van der Waals surface area contributed by atoms with Gasteiger partial charge in [0.2, 0.25) is 0 Å². The van der Waals surface area contributed by atoms with E-state index in [0.29, 0.717) is 0 Å². The van der Waals surface area contributed by atoms with Crippen molar-refractivity contribution >= 4 is 0 Å². The largest absolute Gasteiger partial charge is 0.395 e. The molecule has 2 fully saturated rings. The van der Waals surface area contributed by atoms with Crippen LogP contribution in [-0.2, 0) is 9.47 Å². The number of fused-ring (bicyclic) bond motifs is 1. The Balaban J connectivity index is 2.06. The molecule has 2 N–H and O–H groups in total. The molecule has 0 aromatic rings. The zero-order chi connectivity index (χ0) is 8.77. The van der Waals surface area contributed by atoms with Gasteiger partial charge in [-0.05, 0) is 13.8 Å². The van der Waals surface area contributed by atoms with Crippen LogP contribution in [0.5, 0.6) is 0 Å². The maximum atomic E-state index is 8.99. The highest BCUT2D eigenvalue weighted by atomic mass is 16.8. The Labute approximate surface area is 71.9 Å². The van der Waals surface area contributed by atoms with Crippen molar-refractivity contribution in [1.82, 2.24) is 5.32 Å². The first kappa shape index (κ1) is 8.44. The predicted octanol–water partition coefficient (Wildman–Crippen LogP) is -0.529. The molecule has 0 spiro atoms. The zero-order valence-corrected chi connectivity index (χ0v) is 7.41. The topological polar surface area (TPSA) is 50.7 Å². The summed E-state index contributed by atoms with van der Waals surface area (Å²) in [5, 5.41) is 12.1. The molecule has 2 aliphatic heterocycles. The lowest BCUT2D eigenvalue weighted by Crippen LogP contribution is -2.37. The SMILES string of the molecule is CC1(C)OC2CNC(CO)C2O1. The van der Waals surface area contributed by atoms with E-state index in [2.05, 4.69) is 5.32 Å². The molecule has 2 rings (SSSR count). The van der Waals surface area contributed by atoms with E-state index in [0.717, 1.165) is 6.54 Å². The summed E-state index contributed by atoms with van der Waals surface area (Å²) < 4.78 is 11.2. The summed E-state index contributed by atoms with van der Waals surface area (Å²) in [5.41, 5.74) is 0. The number of rotatable bonds is 1. The quantitative estimate of drug-likeness (QED) is 0.559. The average molecular weight is 173 g/mol. The molecular weight excluding hydrogens is 158 g/mol. The number of ether oxygens (including phenoxy) is 2. The molecule has 12 heavy (non-hydrogen) atoms. The van der Waals surface area contributed by atoms with Crippen molar-refractivity contribution in [2.45, 2.75) is 37.9 Å². The van der Waals surface area contributed by atoms with E-state index in [4.69, 9.17) is 14.6 Å². The Kier molecular flexibility index (Phi) is 1.88. The second-order valence-corrected chi connectivity index (χ2v) is 3.84. The van der Waals surface area contributed by atoms with Crippen LogP contribution < -0.4 is 5.32 Å². The van der Waals surface area contributed by atoms with Gasteiger partial charge in [0.1, 0.15) is 12.2 Å². The van der Waals surface area contributed by atoms with Crippen molar-refractivity contribution in [1.29, 1.82) is 0 Å². The lowest BCUT2D eigenvalue weighted by atomic mass is 10.1. The Morgan fingerprint density at radius 1 is 1.50 bits per heavy atom. The van der Waals surface area contributed by atoms with Gasteiger partial charge in [0.05, 0.1) is 12.6 Å². The average Bonchev–Trinajstić information content (AvgIpc) is 2.42. The van der Waals surface area contributed by atoms with Gasteiger partial charge in [-0.2, -0.15) is 0 Å². The maximum absolute atomic E-state index is 8.99. The fourth-order valence-corrected chi connectivity index (χ4v) is 1.91. The van der Waals surface area contributed by atoms with E-state index in [-0.39, 0.29) is 24.9 Å². The Morgan fingerprint density at radius 2 is 2.25 bits per heavy atom. The molecule has 2 saturated heterocycles. The van der Waals surface area contributed by atoms with Crippen molar-refractivity contribution in [3.05, 3.63) is 0 Å². The fraction of sp³-hybridized carbons (Fsp3) is 1.00. The zero-order valence-electron chi connectivity index (χ0n) is 7.41. The van der Waals surface area contributed by atoms with Crippen LogP contribution in [0.4, 0.5) is 0 Å². The molecule has 0 amide bonds. The van der Waals surface area contributed by atoms with E-state index in [1.54, 1.807) is 0 Å². The second kappa shape index (κ2) is 2.67. The van der Waals surface area contributed by atoms with Gasteiger partial charge >= 0.3 is 0 Å². The van der Waals surface area contributed by atoms with Crippen LogP contribution >= 0.6 is 0 Å². The molecule has 3 unspecified atom stereocenters. The van der Waals surface area contributed by atoms with E-state index >= 15 is 0 Å². The molecule has 70 valence electrons. The smallest absolute Gasteiger partial charge is 0.163 e. The lowest BCUT2D eigenvalue weighted by Gasteiger charge is -2.20. The van der Waals surface area contributed by atoms with Crippen molar-refractivity contribution in [2.75, 3.05) is 13.2 Å². The van der Waals surface area contributed by atoms with Gasteiger partial charge in [-0.1, -0.05) is 0 Å². The molecule has 0 aliphatic carbocycles. The van der Waals surface area contributed by atoms with E-state index in [9.17, 15) is 0 Å². The van der Waals surface area contributed by atoms with Crippen molar-refractivity contribution in [3.8, 4) is 0 Å². The molecular formula is C8H15NO3. The Bertz CT molecular complexity index is 183. The summed E-state index contributed by atoms with van der Waals surface area (Å²) in [5.74, 6) is -0.481. The van der Waals surface area contributed by atoms with Crippen LogP contribution in [0.1, 0.15) is 13.8 Å². The molecule has 0 aromatic carbocycles. The van der Waals surface area contributed by atoms with Gasteiger partial charge in [0.15, 0.2) is 5.79 Å². The highest BCUT2D eigenvalue weighted by Gasteiger charge is 2.48. The predicted molar refractivity (Wildman–Crippen MR) is 42.7 cm³/mol. The van der Waals surface area contributed by atoms with Crippen molar-refractivity contribution in [2.24, 2.45) is 0 Å². The van der Waals surface area contributed by atoms with Crippen LogP contribution in [-0.4, -0.2) is 42.3 Å². The number of hydrogen-bond acceptors (Lipinski definition) is 4. The van der Waals surface area contributed by atoms with Crippen LogP contribution in [0.25, 0.3) is 0 Å². The minimum Gasteiger partial charge on any atom is -0.395 e. The third kappa shape index (κ3) is 1.25. The molecule has 0 aromatic heterocycles. The monoisotopic (exact) mass is 173 g/mol. The van der Waals surface area contributed by atoms with Crippen LogP contribution in [0.2, 0.25) is 0 Å². The fourth-order valence-electron chi connectivity index (χ4n) is 1.91. The van der Waals surface area contributed by atoms with Crippen molar-refractivity contribution < 1.29 is 14.6 Å². The molecule has 3 atom stereocenters. The second-order valence-electron chi connectivity index (χ2n) is 3.84. The summed E-state index contributed by atoms with van der Waals surface area (Å²) in [6, 6.07) is 0.0387. The molecule has 4 nitrogen and oxygen atoms in total. The van der Waals surface area contributed by atoms with Crippen LogP contribution in [0.15, 0.2) is 0 Å². The number of nitrogens with one attached hydrogen (secondary N) is 1. The third-order valence-electron chi connectivity index (χ3n) is 2.40. The first-order valence-corrected chi connectivity index (χ1v) is 4.32. The minimum atomic E-state index is -0.481. The standard InChI is InChI=1S/C8H15NO3/c1-8(2)11-6-3-9-5(4-10)7(6)12-8/h5-7,9-10H,3-4H2,1-2H3. The van der Waals surface area contributed by atoms with Crippen molar-refractivity contribution in [3.63, 3.8) is 0 Å². The van der Waals surface area contributed by atoms with Gasteiger partial charge in [-0.15, -0.1) is 0 Å². The van der Waals surface area contributed by atoms with E-state index in [1.165, 1.54) is 0 Å². The Hall–Kier alpha value is -0.160. The number of hydrogen-bond donors (Lipinski definition) is 2. The van der Waals surface area contributed by atoms with Crippen LogP contribution in [0.3, 0.4) is 0 Å². The molecule has 0 saturated carbocycles. The molecule has 0 bridgehead atoms. The minimum absolute atomic E-state index is 0.0185. The van der Waals surface area contributed by atoms with Gasteiger partial charge in [-0.3, -0.25) is 0 Å². The van der Waals surface area contributed by atoms with Crippen LogP contribution in [0, 0.1) is 0 Å². The lowest BCUT2D eigenvalue weighted by molar-refractivity contribution is -0.153. The normalized spacial score (nSPS) is 44.8. The first-order valence-electron chi connectivity index (χ1n) is 4.32. The highest BCUT2D eigenvalue weighted by Crippen LogP contribution is 2.32. The summed E-state index contributed by atoms with van der Waals surface area (Å²) >= 11 is 0. The van der Waals surface area contributed by atoms with Gasteiger partial charge in [-0.25, -0.2) is 0 Å². The number of aliphatic hydroxyl groups is 1. The van der Waals surface area contributed by atoms with E-state index < -0.39 is 5.79 Å². The summed E-state index contributed by atoms with van der Waals surface area (Å²) in [6.07, 6.45) is 0.127. The number of aliphatic hydroxyl groups excluding tert-OH is 1. The first-order chi connectivity index (χ1) is 5.62.